The van der Waals surface area contributed by atoms with Crippen LogP contribution >= 0.6 is 11.3 Å². The summed E-state index contributed by atoms with van der Waals surface area (Å²) >= 11 is 1.27. The molecule has 1 aliphatic heterocycles. The van der Waals surface area contributed by atoms with Crippen LogP contribution in [0.3, 0.4) is 0 Å². The van der Waals surface area contributed by atoms with Gasteiger partial charge in [-0.1, -0.05) is 35.6 Å². The molecule has 0 fully saturated rings. The highest BCUT2D eigenvalue weighted by atomic mass is 32.1. The summed E-state index contributed by atoms with van der Waals surface area (Å²) in [6.45, 7) is 11.5. The number of hydrogen-bond donors (Lipinski definition) is 0. The van der Waals surface area contributed by atoms with Crippen molar-refractivity contribution in [2.75, 3.05) is 13.7 Å². The van der Waals surface area contributed by atoms with Gasteiger partial charge in [-0.25, -0.2) is 14.6 Å². The lowest BCUT2D eigenvalue weighted by atomic mass is 9.95. The van der Waals surface area contributed by atoms with E-state index in [1.807, 2.05) is 80.8 Å². The van der Waals surface area contributed by atoms with Gasteiger partial charge in [-0.05, 0) is 83.5 Å². The summed E-state index contributed by atoms with van der Waals surface area (Å²) in [5, 5.41) is 0. The Morgan fingerprint density at radius 2 is 1.80 bits per heavy atom. The minimum Gasteiger partial charge on any atom is -0.491 e. The Balaban J connectivity index is 1.69. The number of nitrogens with zero attached hydrogens (tertiary/aromatic N) is 3. The van der Waals surface area contributed by atoms with Gasteiger partial charge in [-0.15, -0.1) is 0 Å². The van der Waals surface area contributed by atoms with E-state index in [-0.39, 0.29) is 18.3 Å². The lowest BCUT2D eigenvalue weighted by Gasteiger charge is -2.26. The average molecular weight is 614 g/mol. The zero-order chi connectivity index (χ0) is 31.7. The second-order valence-corrected chi connectivity index (χ2v) is 11.7. The number of carbonyl (C=O) groups excluding carboxylic acids is 2. The molecule has 0 spiro atoms. The second-order valence-electron chi connectivity index (χ2n) is 10.7. The molecule has 0 saturated heterocycles. The van der Waals surface area contributed by atoms with Gasteiger partial charge < -0.3 is 18.8 Å². The van der Waals surface area contributed by atoms with Crippen LogP contribution in [0.4, 0.5) is 0 Å². The molecular weight excluding hydrogens is 578 g/mol. The minimum atomic E-state index is -0.782. The van der Waals surface area contributed by atoms with Gasteiger partial charge in [0.15, 0.2) is 4.80 Å². The van der Waals surface area contributed by atoms with Gasteiger partial charge in [0.25, 0.3) is 5.56 Å². The van der Waals surface area contributed by atoms with Gasteiger partial charge in [0, 0.05) is 22.6 Å². The number of rotatable bonds is 8. The highest BCUT2D eigenvalue weighted by Crippen LogP contribution is 2.36. The first-order chi connectivity index (χ1) is 21.0. The van der Waals surface area contributed by atoms with E-state index in [4.69, 9.17) is 19.2 Å². The summed E-state index contributed by atoms with van der Waals surface area (Å²) in [4.78, 5) is 44.9. The predicted molar refractivity (Wildman–Crippen MR) is 169 cm³/mol. The van der Waals surface area contributed by atoms with Crippen molar-refractivity contribution < 1.29 is 23.8 Å². The number of para-hydroxylation sites is 1. The molecule has 0 radical (unpaired) electrons. The molecule has 0 unspecified atom stereocenters. The third kappa shape index (κ3) is 5.65. The van der Waals surface area contributed by atoms with E-state index in [9.17, 15) is 14.4 Å². The lowest BCUT2D eigenvalue weighted by Crippen LogP contribution is -2.40. The van der Waals surface area contributed by atoms with E-state index in [0.29, 0.717) is 37.5 Å². The van der Waals surface area contributed by atoms with Crippen LogP contribution in [0.15, 0.2) is 75.7 Å². The van der Waals surface area contributed by atoms with Crippen molar-refractivity contribution in [1.29, 1.82) is 0 Å². The first kappa shape index (κ1) is 30.7. The molecule has 228 valence electrons. The smallest absolute Gasteiger partial charge is 0.338 e. The fraction of sp³-hybridized carbons (Fsp3) is 0.294. The molecule has 44 heavy (non-hydrogen) atoms. The third-order valence-corrected chi connectivity index (χ3v) is 8.36. The van der Waals surface area contributed by atoms with Crippen molar-refractivity contribution >= 4 is 29.4 Å². The molecule has 10 heteroatoms. The highest BCUT2D eigenvalue weighted by Gasteiger charge is 2.35. The molecule has 1 aliphatic rings. The molecule has 0 saturated carbocycles. The SMILES string of the molecule is CCOC(=O)C1=C(C)N=c2s/c(=C/c3cc(C)n(-c4cccc(C(=O)OC)c4)c3C)c(=O)n2[C@H]1c1ccccc1OC(C)C. The van der Waals surface area contributed by atoms with Crippen LogP contribution in [-0.4, -0.2) is 40.9 Å². The Bertz CT molecular complexity index is 1980. The van der Waals surface area contributed by atoms with E-state index in [1.165, 1.54) is 18.4 Å². The van der Waals surface area contributed by atoms with Crippen LogP contribution in [0.25, 0.3) is 11.8 Å². The maximum Gasteiger partial charge on any atom is 0.338 e. The number of allylic oxidation sites excluding steroid dienone is 1. The van der Waals surface area contributed by atoms with Gasteiger partial charge in [0.2, 0.25) is 0 Å². The van der Waals surface area contributed by atoms with Gasteiger partial charge in [0.1, 0.15) is 11.8 Å². The molecule has 5 rings (SSSR count). The topological polar surface area (TPSA) is 101 Å². The molecule has 3 heterocycles. The Labute approximate surface area is 259 Å². The standard InChI is InChI=1S/C34H35N3O6S/c1-8-42-33(40)29-21(5)35-34-37(30(29)26-14-9-10-15-27(26)43-19(2)3)31(38)28(44-34)18-24-16-20(4)36(22(24)6)25-13-11-12-23(17-25)32(39)41-7/h9-19,30H,8H2,1-7H3/b28-18+/t30-/m0/s1. The van der Waals surface area contributed by atoms with E-state index < -0.39 is 18.0 Å². The van der Waals surface area contributed by atoms with Crippen molar-refractivity contribution in [3.8, 4) is 11.4 Å². The summed E-state index contributed by atoms with van der Waals surface area (Å²) in [6, 6.07) is 15.9. The Kier molecular flexibility index (Phi) is 8.73. The van der Waals surface area contributed by atoms with E-state index in [0.717, 1.165) is 22.6 Å². The normalized spacial score (nSPS) is 14.8. The van der Waals surface area contributed by atoms with Crippen molar-refractivity contribution in [1.82, 2.24) is 9.13 Å². The van der Waals surface area contributed by atoms with Crippen LogP contribution in [0.1, 0.15) is 66.6 Å². The Hall–Kier alpha value is -4.70. The maximum absolute atomic E-state index is 14.2. The van der Waals surface area contributed by atoms with Crippen molar-refractivity contribution in [2.45, 2.75) is 53.7 Å². The number of methoxy groups -OCH3 is 1. The zero-order valence-electron chi connectivity index (χ0n) is 25.8. The monoisotopic (exact) mass is 613 g/mol. The quantitative estimate of drug-likeness (QED) is 0.265. The van der Waals surface area contributed by atoms with Crippen LogP contribution in [0.5, 0.6) is 5.75 Å². The first-order valence-electron chi connectivity index (χ1n) is 14.4. The van der Waals surface area contributed by atoms with Crippen LogP contribution in [0, 0.1) is 13.8 Å². The first-order valence-corrected chi connectivity index (χ1v) is 15.2. The van der Waals surface area contributed by atoms with Crippen molar-refractivity contribution in [3.63, 3.8) is 0 Å². The number of fused-ring (bicyclic) bond motifs is 1. The fourth-order valence-corrected chi connectivity index (χ4v) is 6.55. The van der Waals surface area contributed by atoms with Crippen LogP contribution in [-0.2, 0) is 14.3 Å². The summed E-state index contributed by atoms with van der Waals surface area (Å²) < 4.78 is 20.5. The minimum absolute atomic E-state index is 0.119. The maximum atomic E-state index is 14.2. The molecule has 0 amide bonds. The number of aryl methyl sites for hydroxylation is 1. The summed E-state index contributed by atoms with van der Waals surface area (Å²) in [7, 11) is 1.35. The number of thiazole rings is 1. The molecule has 0 aliphatic carbocycles. The van der Waals surface area contributed by atoms with Crippen LogP contribution < -0.4 is 19.6 Å². The van der Waals surface area contributed by atoms with Gasteiger partial charge >= 0.3 is 11.9 Å². The Morgan fingerprint density at radius 3 is 2.50 bits per heavy atom. The summed E-state index contributed by atoms with van der Waals surface area (Å²) in [6.07, 6.45) is 1.73. The van der Waals surface area contributed by atoms with E-state index in [1.54, 1.807) is 30.5 Å². The molecule has 0 bridgehead atoms. The molecule has 9 nitrogen and oxygen atoms in total. The second kappa shape index (κ2) is 12.5. The fourth-order valence-electron chi connectivity index (χ4n) is 5.52. The number of esters is 2. The molecule has 2 aromatic heterocycles. The summed E-state index contributed by atoms with van der Waals surface area (Å²) in [5.74, 6) is -0.357. The number of aromatic nitrogens is 2. The molecule has 2 aromatic carbocycles. The lowest BCUT2D eigenvalue weighted by molar-refractivity contribution is -0.139. The predicted octanol–water partition coefficient (Wildman–Crippen LogP) is 4.78. The summed E-state index contributed by atoms with van der Waals surface area (Å²) in [5.41, 5.74) is 5.12. The van der Waals surface area contributed by atoms with E-state index >= 15 is 0 Å². The molecule has 0 N–H and O–H groups in total. The van der Waals surface area contributed by atoms with Crippen molar-refractivity contribution in [2.24, 2.45) is 4.99 Å². The molecule has 4 aromatic rings. The molecular formula is C34H35N3O6S. The Morgan fingerprint density at radius 1 is 1.05 bits per heavy atom. The van der Waals surface area contributed by atoms with Crippen molar-refractivity contribution in [3.05, 3.63) is 114 Å². The van der Waals surface area contributed by atoms with Gasteiger partial charge in [0.05, 0.1) is 41.2 Å². The van der Waals surface area contributed by atoms with Gasteiger partial charge in [-0.3, -0.25) is 9.36 Å². The average Bonchev–Trinajstić information content (AvgIpc) is 3.45. The largest absolute Gasteiger partial charge is 0.491 e. The number of ether oxygens (including phenoxy) is 3. The van der Waals surface area contributed by atoms with E-state index in [2.05, 4.69) is 0 Å². The third-order valence-electron chi connectivity index (χ3n) is 7.38. The van der Waals surface area contributed by atoms with Gasteiger partial charge in [-0.2, -0.15) is 0 Å². The number of benzene rings is 2. The van der Waals surface area contributed by atoms with Crippen LogP contribution in [0.2, 0.25) is 0 Å². The highest BCUT2D eigenvalue weighted by molar-refractivity contribution is 7.07. The number of hydrogen-bond acceptors (Lipinski definition) is 8. The zero-order valence-corrected chi connectivity index (χ0v) is 26.7. The number of carbonyl (C=O) groups is 2. The molecule has 1 atom stereocenters.